The minimum absolute atomic E-state index is 0.0317. The average molecular weight is 342 g/mol. The molecule has 6 heteroatoms. The normalized spacial score (nSPS) is 23.8. The van der Waals surface area contributed by atoms with Crippen LogP contribution in [-0.2, 0) is 22.6 Å². The Labute approximate surface area is 148 Å². The molecule has 25 heavy (non-hydrogen) atoms. The molecule has 3 aliphatic rings. The van der Waals surface area contributed by atoms with Crippen molar-refractivity contribution in [1.29, 1.82) is 0 Å². The Kier molecular flexibility index (Phi) is 4.44. The summed E-state index contributed by atoms with van der Waals surface area (Å²) in [6, 6.07) is 0.0317. The van der Waals surface area contributed by atoms with Crippen LogP contribution in [0.1, 0.15) is 68.6 Å². The lowest BCUT2D eigenvalue weighted by molar-refractivity contribution is -0.136. The van der Waals surface area contributed by atoms with Gasteiger partial charge in [-0.05, 0) is 25.7 Å². The summed E-state index contributed by atoms with van der Waals surface area (Å²) in [7, 11) is 0. The molecule has 2 aliphatic heterocycles. The van der Waals surface area contributed by atoms with Crippen LogP contribution in [0.15, 0.2) is 6.20 Å². The highest BCUT2D eigenvalue weighted by molar-refractivity contribution is 5.79. The first-order valence-corrected chi connectivity index (χ1v) is 9.54. The molecule has 3 heterocycles. The lowest BCUT2D eigenvalue weighted by Gasteiger charge is -2.29. The van der Waals surface area contributed by atoms with E-state index in [2.05, 4.69) is 4.98 Å². The van der Waals surface area contributed by atoms with Gasteiger partial charge in [-0.1, -0.05) is 12.8 Å². The molecule has 0 bridgehead atoms. The molecule has 1 aromatic heterocycles. The fourth-order valence-electron chi connectivity index (χ4n) is 4.47. The van der Waals surface area contributed by atoms with Crippen molar-refractivity contribution in [2.45, 2.75) is 64.5 Å². The fourth-order valence-corrected chi connectivity index (χ4v) is 4.47. The molecule has 134 valence electrons. The Bertz CT molecular complexity index is 684. The molecule has 1 unspecified atom stereocenters. The SMILES string of the molecule is CC(=O)N1CCc2nc(C3CCCN3C(=O)C3CCCC3)ncc2C1. The standard InChI is InChI=1S/C19H26N4O2/c1-13(24)22-10-8-16-15(12-22)11-20-18(21-16)17-7-4-9-23(17)19(25)14-5-2-3-6-14/h11,14,17H,2-10,12H2,1H3. The number of likely N-dealkylation sites (tertiary alicyclic amines) is 1. The molecule has 6 nitrogen and oxygen atoms in total. The zero-order chi connectivity index (χ0) is 17.4. The predicted octanol–water partition coefficient (Wildman–Crippen LogP) is 2.23. The fraction of sp³-hybridized carbons (Fsp3) is 0.684. The van der Waals surface area contributed by atoms with Crippen LogP contribution in [0, 0.1) is 5.92 Å². The van der Waals surface area contributed by atoms with Gasteiger partial charge in [-0.3, -0.25) is 9.59 Å². The van der Waals surface area contributed by atoms with Crippen LogP contribution in [0.25, 0.3) is 0 Å². The Hall–Kier alpha value is -1.98. The maximum absolute atomic E-state index is 12.9. The van der Waals surface area contributed by atoms with E-state index in [0.717, 1.165) is 55.7 Å². The Morgan fingerprint density at radius 1 is 1.12 bits per heavy atom. The van der Waals surface area contributed by atoms with Crippen LogP contribution in [0.4, 0.5) is 0 Å². The van der Waals surface area contributed by atoms with Crippen LogP contribution in [0.2, 0.25) is 0 Å². The number of fused-ring (bicyclic) bond motifs is 1. The van der Waals surface area contributed by atoms with Gasteiger partial charge >= 0.3 is 0 Å². The van der Waals surface area contributed by atoms with Crippen LogP contribution < -0.4 is 0 Å². The van der Waals surface area contributed by atoms with Crippen molar-refractivity contribution in [2.24, 2.45) is 5.92 Å². The van der Waals surface area contributed by atoms with E-state index in [4.69, 9.17) is 4.98 Å². The highest BCUT2D eigenvalue weighted by atomic mass is 16.2. The first kappa shape index (κ1) is 16.5. The van der Waals surface area contributed by atoms with E-state index in [-0.39, 0.29) is 17.9 Å². The summed E-state index contributed by atoms with van der Waals surface area (Å²) in [6.07, 6.45) is 9.05. The number of aromatic nitrogens is 2. The Balaban J connectivity index is 1.53. The number of hydrogen-bond acceptors (Lipinski definition) is 4. The van der Waals surface area contributed by atoms with Crippen LogP contribution in [-0.4, -0.2) is 44.7 Å². The quantitative estimate of drug-likeness (QED) is 0.827. The third-order valence-electron chi connectivity index (χ3n) is 5.94. The van der Waals surface area contributed by atoms with E-state index in [1.807, 2.05) is 16.0 Å². The van der Waals surface area contributed by atoms with Crippen LogP contribution >= 0.6 is 0 Å². The van der Waals surface area contributed by atoms with E-state index in [0.29, 0.717) is 19.0 Å². The van der Waals surface area contributed by atoms with Gasteiger partial charge in [-0.2, -0.15) is 0 Å². The Morgan fingerprint density at radius 3 is 2.68 bits per heavy atom. The van der Waals surface area contributed by atoms with Gasteiger partial charge in [0.2, 0.25) is 11.8 Å². The van der Waals surface area contributed by atoms with Gasteiger partial charge in [0.1, 0.15) is 0 Å². The monoisotopic (exact) mass is 342 g/mol. The molecule has 1 aliphatic carbocycles. The molecular formula is C19H26N4O2. The zero-order valence-electron chi connectivity index (χ0n) is 14.9. The third-order valence-corrected chi connectivity index (χ3v) is 5.94. The molecule has 1 aromatic rings. The van der Waals surface area contributed by atoms with Gasteiger partial charge in [0, 0.05) is 50.7 Å². The van der Waals surface area contributed by atoms with E-state index < -0.39 is 0 Å². The van der Waals surface area contributed by atoms with E-state index >= 15 is 0 Å². The molecule has 4 rings (SSSR count). The summed E-state index contributed by atoms with van der Waals surface area (Å²) in [4.78, 5) is 37.7. The number of nitrogens with zero attached hydrogens (tertiary/aromatic N) is 4. The lowest BCUT2D eigenvalue weighted by atomic mass is 10.0. The number of carbonyl (C=O) groups excluding carboxylic acids is 2. The van der Waals surface area contributed by atoms with E-state index in [1.54, 1.807) is 6.92 Å². The van der Waals surface area contributed by atoms with Crippen LogP contribution in [0.5, 0.6) is 0 Å². The topological polar surface area (TPSA) is 66.4 Å². The summed E-state index contributed by atoms with van der Waals surface area (Å²) in [5.41, 5.74) is 2.08. The van der Waals surface area contributed by atoms with Crippen molar-refractivity contribution in [3.05, 3.63) is 23.3 Å². The Morgan fingerprint density at radius 2 is 1.92 bits per heavy atom. The number of carbonyl (C=O) groups is 2. The maximum Gasteiger partial charge on any atom is 0.226 e. The molecule has 0 radical (unpaired) electrons. The molecule has 2 amide bonds. The van der Waals surface area contributed by atoms with Gasteiger partial charge in [-0.15, -0.1) is 0 Å². The second-order valence-corrected chi connectivity index (χ2v) is 7.56. The predicted molar refractivity (Wildman–Crippen MR) is 92.5 cm³/mol. The van der Waals surface area contributed by atoms with Crippen LogP contribution in [0.3, 0.4) is 0 Å². The van der Waals surface area contributed by atoms with E-state index in [9.17, 15) is 9.59 Å². The summed E-state index contributed by atoms with van der Waals surface area (Å²) in [6.45, 7) is 3.75. The van der Waals surface area contributed by atoms with E-state index in [1.165, 1.54) is 12.8 Å². The molecule has 1 atom stereocenters. The van der Waals surface area contributed by atoms with Crippen molar-refractivity contribution in [1.82, 2.24) is 19.8 Å². The molecule has 0 spiro atoms. The number of hydrogen-bond donors (Lipinski definition) is 0. The minimum atomic E-state index is 0.0317. The smallest absolute Gasteiger partial charge is 0.226 e. The molecule has 2 fully saturated rings. The molecular weight excluding hydrogens is 316 g/mol. The highest BCUT2D eigenvalue weighted by Crippen LogP contribution is 2.35. The summed E-state index contributed by atoms with van der Waals surface area (Å²) in [5, 5.41) is 0. The summed E-state index contributed by atoms with van der Waals surface area (Å²) < 4.78 is 0. The molecule has 1 saturated carbocycles. The average Bonchev–Trinajstić information content (AvgIpc) is 3.31. The van der Waals surface area contributed by atoms with Gasteiger partial charge in [0.05, 0.1) is 11.7 Å². The minimum Gasteiger partial charge on any atom is -0.338 e. The zero-order valence-corrected chi connectivity index (χ0v) is 14.9. The summed E-state index contributed by atoms with van der Waals surface area (Å²) in [5.74, 6) is 1.41. The lowest BCUT2D eigenvalue weighted by Crippen LogP contribution is -2.37. The highest BCUT2D eigenvalue weighted by Gasteiger charge is 2.36. The maximum atomic E-state index is 12.9. The first-order chi connectivity index (χ1) is 12.1. The number of rotatable bonds is 2. The van der Waals surface area contributed by atoms with Crippen molar-refractivity contribution < 1.29 is 9.59 Å². The van der Waals surface area contributed by atoms with Gasteiger partial charge < -0.3 is 9.80 Å². The second-order valence-electron chi connectivity index (χ2n) is 7.56. The van der Waals surface area contributed by atoms with Gasteiger partial charge in [-0.25, -0.2) is 9.97 Å². The largest absolute Gasteiger partial charge is 0.338 e. The van der Waals surface area contributed by atoms with Crippen molar-refractivity contribution in [3.8, 4) is 0 Å². The van der Waals surface area contributed by atoms with Crippen molar-refractivity contribution in [2.75, 3.05) is 13.1 Å². The summed E-state index contributed by atoms with van der Waals surface area (Å²) >= 11 is 0. The van der Waals surface area contributed by atoms with Gasteiger partial charge in [0.25, 0.3) is 0 Å². The molecule has 0 N–H and O–H groups in total. The second kappa shape index (κ2) is 6.73. The van der Waals surface area contributed by atoms with Crippen molar-refractivity contribution in [3.63, 3.8) is 0 Å². The van der Waals surface area contributed by atoms with Crippen molar-refractivity contribution >= 4 is 11.8 Å². The number of amides is 2. The molecule has 0 aromatic carbocycles. The molecule has 1 saturated heterocycles. The third kappa shape index (κ3) is 3.14. The van der Waals surface area contributed by atoms with Gasteiger partial charge in [0.15, 0.2) is 5.82 Å². The first-order valence-electron chi connectivity index (χ1n) is 9.54.